The minimum Gasteiger partial charge on any atom is -0.396 e. The molecule has 9 heavy (non-hydrogen) atoms. The van der Waals surface area contributed by atoms with Gasteiger partial charge in [0.2, 0.25) is 0 Å². The van der Waals surface area contributed by atoms with E-state index in [1.54, 1.807) is 0 Å². The van der Waals surface area contributed by atoms with Crippen molar-refractivity contribution < 1.29 is 5.11 Å². The Morgan fingerprint density at radius 1 is 1.56 bits per heavy atom. The van der Waals surface area contributed by atoms with Crippen LogP contribution in [-0.2, 0) is 0 Å². The van der Waals surface area contributed by atoms with Crippen molar-refractivity contribution in [2.45, 2.75) is 38.3 Å². The lowest BCUT2D eigenvalue weighted by molar-refractivity contribution is 0.269. The molecule has 2 N–H and O–H groups in total. The van der Waals surface area contributed by atoms with Gasteiger partial charge >= 0.3 is 0 Å². The van der Waals surface area contributed by atoms with Crippen LogP contribution in [0.5, 0.6) is 0 Å². The van der Waals surface area contributed by atoms with Gasteiger partial charge in [-0.2, -0.15) is 0 Å². The van der Waals surface area contributed by atoms with Gasteiger partial charge in [0.25, 0.3) is 0 Å². The fourth-order valence-corrected chi connectivity index (χ4v) is 1.40. The second-order valence-electron chi connectivity index (χ2n) is 2.85. The number of aliphatic hydroxyl groups excluding tert-OH is 1. The smallest absolute Gasteiger partial charge is 0.0445 e. The summed E-state index contributed by atoms with van der Waals surface area (Å²) in [7, 11) is 0. The highest BCUT2D eigenvalue weighted by Gasteiger charge is 2.18. The molecule has 1 aliphatic heterocycles. The van der Waals surface area contributed by atoms with E-state index in [9.17, 15) is 0 Å². The molecule has 0 bridgehead atoms. The molecular weight excluding hydrogens is 114 g/mol. The summed E-state index contributed by atoms with van der Waals surface area (Å²) in [5.74, 6) is 0. The molecule has 2 heteroatoms. The third-order valence-corrected chi connectivity index (χ3v) is 1.95. The molecule has 1 fully saturated rings. The average Bonchev–Trinajstić information content (AvgIpc) is 2.17. The predicted molar refractivity (Wildman–Crippen MR) is 37.3 cm³/mol. The van der Waals surface area contributed by atoms with E-state index < -0.39 is 0 Å². The third-order valence-electron chi connectivity index (χ3n) is 1.95. The molecule has 0 saturated carbocycles. The van der Waals surface area contributed by atoms with E-state index in [1.165, 1.54) is 12.8 Å². The van der Waals surface area contributed by atoms with Gasteiger partial charge in [-0.25, -0.2) is 0 Å². The lowest BCUT2D eigenvalue weighted by Gasteiger charge is -2.08. The van der Waals surface area contributed by atoms with Crippen LogP contribution in [-0.4, -0.2) is 23.8 Å². The van der Waals surface area contributed by atoms with Crippen molar-refractivity contribution in [1.29, 1.82) is 0 Å². The molecule has 0 amide bonds. The van der Waals surface area contributed by atoms with Gasteiger partial charge in [-0.05, 0) is 26.2 Å². The summed E-state index contributed by atoms with van der Waals surface area (Å²) < 4.78 is 0. The van der Waals surface area contributed by atoms with Crippen LogP contribution >= 0.6 is 0 Å². The van der Waals surface area contributed by atoms with Gasteiger partial charge in [0.15, 0.2) is 0 Å². The van der Waals surface area contributed by atoms with Crippen molar-refractivity contribution in [2.24, 2.45) is 0 Å². The van der Waals surface area contributed by atoms with Crippen LogP contribution in [0.15, 0.2) is 0 Å². The van der Waals surface area contributed by atoms with Crippen LogP contribution in [0.1, 0.15) is 26.2 Å². The number of hydrogen-bond donors (Lipinski definition) is 2. The van der Waals surface area contributed by atoms with Crippen molar-refractivity contribution >= 4 is 0 Å². The molecule has 0 aromatic heterocycles. The lowest BCUT2D eigenvalue weighted by atomic mass is 10.1. The van der Waals surface area contributed by atoms with Crippen molar-refractivity contribution in [3.63, 3.8) is 0 Å². The Morgan fingerprint density at radius 2 is 2.33 bits per heavy atom. The topological polar surface area (TPSA) is 32.3 Å². The first-order valence-electron chi connectivity index (χ1n) is 3.70. The van der Waals surface area contributed by atoms with Crippen molar-refractivity contribution in [2.75, 3.05) is 6.61 Å². The lowest BCUT2D eigenvalue weighted by Crippen LogP contribution is -2.27. The molecule has 2 atom stereocenters. The summed E-state index contributed by atoms with van der Waals surface area (Å²) in [6.45, 7) is 2.52. The van der Waals surface area contributed by atoms with Gasteiger partial charge < -0.3 is 10.4 Å². The van der Waals surface area contributed by atoms with E-state index in [2.05, 4.69) is 12.2 Å². The maximum Gasteiger partial charge on any atom is 0.0445 e. The molecule has 0 aliphatic carbocycles. The van der Waals surface area contributed by atoms with E-state index in [-0.39, 0.29) is 0 Å². The molecule has 0 aromatic rings. The van der Waals surface area contributed by atoms with E-state index in [0.29, 0.717) is 18.7 Å². The molecule has 0 spiro atoms. The zero-order valence-electron chi connectivity index (χ0n) is 5.93. The molecule has 1 saturated heterocycles. The molecule has 1 heterocycles. The Bertz CT molecular complexity index is 83.0. The summed E-state index contributed by atoms with van der Waals surface area (Å²) in [6.07, 6.45) is 3.43. The van der Waals surface area contributed by atoms with Crippen LogP contribution in [0.25, 0.3) is 0 Å². The van der Waals surface area contributed by atoms with Crippen molar-refractivity contribution in [3.8, 4) is 0 Å². The number of hydrogen-bond acceptors (Lipinski definition) is 2. The first-order chi connectivity index (χ1) is 4.33. The summed E-state index contributed by atoms with van der Waals surface area (Å²) in [5, 5.41) is 12.0. The van der Waals surface area contributed by atoms with Gasteiger partial charge in [-0.3, -0.25) is 0 Å². The Balaban J connectivity index is 2.14. The first kappa shape index (κ1) is 7.03. The minimum atomic E-state index is 0.324. The van der Waals surface area contributed by atoms with Crippen LogP contribution < -0.4 is 5.32 Å². The maximum absolute atomic E-state index is 8.57. The Morgan fingerprint density at radius 3 is 2.78 bits per heavy atom. The van der Waals surface area contributed by atoms with Gasteiger partial charge in [-0.1, -0.05) is 0 Å². The van der Waals surface area contributed by atoms with Gasteiger partial charge in [-0.15, -0.1) is 0 Å². The summed E-state index contributed by atoms with van der Waals surface area (Å²) in [4.78, 5) is 0. The normalized spacial score (nSPS) is 35.3. The number of nitrogens with one attached hydrogen (secondary N) is 1. The Labute approximate surface area is 56.3 Å². The number of aliphatic hydroxyl groups is 1. The van der Waals surface area contributed by atoms with Crippen LogP contribution in [0, 0.1) is 0 Å². The first-order valence-corrected chi connectivity index (χ1v) is 3.70. The Hall–Kier alpha value is -0.0800. The standard InChI is InChI=1S/C7H15NO/c1-6-2-3-7(8-6)4-5-9/h6-9H,2-5H2,1H3/t6-,7+/m1/s1. The fourth-order valence-electron chi connectivity index (χ4n) is 1.40. The van der Waals surface area contributed by atoms with Crippen LogP contribution in [0.4, 0.5) is 0 Å². The molecule has 54 valence electrons. The van der Waals surface area contributed by atoms with Crippen molar-refractivity contribution in [3.05, 3.63) is 0 Å². The zero-order chi connectivity index (χ0) is 6.69. The monoisotopic (exact) mass is 129 g/mol. The molecule has 1 rings (SSSR count). The Kier molecular flexibility index (Phi) is 2.49. The quantitative estimate of drug-likeness (QED) is 0.569. The van der Waals surface area contributed by atoms with E-state index in [1.807, 2.05) is 0 Å². The van der Waals surface area contributed by atoms with Crippen LogP contribution in [0.2, 0.25) is 0 Å². The SMILES string of the molecule is C[C@@H]1CC[C@@H](CCO)N1. The molecule has 0 unspecified atom stereocenters. The second-order valence-corrected chi connectivity index (χ2v) is 2.85. The third kappa shape index (κ3) is 1.95. The van der Waals surface area contributed by atoms with Crippen molar-refractivity contribution in [1.82, 2.24) is 5.32 Å². The maximum atomic E-state index is 8.57. The second kappa shape index (κ2) is 3.18. The largest absolute Gasteiger partial charge is 0.396 e. The summed E-state index contributed by atoms with van der Waals surface area (Å²) in [6, 6.07) is 1.26. The van der Waals surface area contributed by atoms with Gasteiger partial charge in [0.1, 0.15) is 0 Å². The van der Waals surface area contributed by atoms with E-state index >= 15 is 0 Å². The molecular formula is C7H15NO. The van der Waals surface area contributed by atoms with Gasteiger partial charge in [0, 0.05) is 18.7 Å². The fraction of sp³-hybridized carbons (Fsp3) is 1.00. The van der Waals surface area contributed by atoms with E-state index in [0.717, 1.165) is 6.42 Å². The molecule has 1 aliphatic rings. The highest BCUT2D eigenvalue weighted by atomic mass is 16.3. The highest BCUT2D eigenvalue weighted by Crippen LogP contribution is 2.13. The summed E-state index contributed by atoms with van der Waals surface area (Å²) >= 11 is 0. The summed E-state index contributed by atoms with van der Waals surface area (Å²) in [5.41, 5.74) is 0. The molecule has 0 aromatic carbocycles. The van der Waals surface area contributed by atoms with Crippen LogP contribution in [0.3, 0.4) is 0 Å². The van der Waals surface area contributed by atoms with E-state index in [4.69, 9.17) is 5.11 Å². The highest BCUT2D eigenvalue weighted by molar-refractivity contribution is 4.79. The number of rotatable bonds is 2. The zero-order valence-corrected chi connectivity index (χ0v) is 5.93. The minimum absolute atomic E-state index is 0.324. The molecule has 2 nitrogen and oxygen atoms in total. The predicted octanol–water partition coefficient (Wildman–Crippen LogP) is 0.509. The average molecular weight is 129 g/mol. The van der Waals surface area contributed by atoms with Gasteiger partial charge in [0.05, 0.1) is 0 Å². The molecule has 0 radical (unpaired) electrons.